The van der Waals surface area contributed by atoms with Crippen LogP contribution >= 0.6 is 0 Å². The Labute approximate surface area is 152 Å². The van der Waals surface area contributed by atoms with Gasteiger partial charge in [0.25, 0.3) is 5.56 Å². The van der Waals surface area contributed by atoms with Gasteiger partial charge in [-0.3, -0.25) is 9.69 Å². The SMILES string of the molecule is CC(C)c1ncc2c(n1)CN([C@H](C)c1nc3ccccc3c(=O)[nH]1)CC2. The number of rotatable bonds is 3. The monoisotopic (exact) mass is 349 g/mol. The van der Waals surface area contributed by atoms with Crippen molar-refractivity contribution in [3.63, 3.8) is 0 Å². The number of para-hydroxylation sites is 1. The second-order valence-electron chi connectivity index (χ2n) is 7.22. The number of H-pyrrole nitrogens is 1. The van der Waals surface area contributed by atoms with E-state index in [1.807, 2.05) is 24.4 Å². The van der Waals surface area contributed by atoms with Gasteiger partial charge in [0, 0.05) is 25.2 Å². The number of nitrogens with zero attached hydrogens (tertiary/aromatic N) is 4. The number of hydrogen-bond donors (Lipinski definition) is 1. The molecule has 0 saturated heterocycles. The van der Waals surface area contributed by atoms with Crippen LogP contribution in [-0.4, -0.2) is 31.4 Å². The predicted octanol–water partition coefficient (Wildman–Crippen LogP) is 2.96. The van der Waals surface area contributed by atoms with Crippen LogP contribution in [0.3, 0.4) is 0 Å². The van der Waals surface area contributed by atoms with Crippen LogP contribution < -0.4 is 5.56 Å². The van der Waals surface area contributed by atoms with Crippen molar-refractivity contribution in [1.29, 1.82) is 0 Å². The summed E-state index contributed by atoms with van der Waals surface area (Å²) in [5.41, 5.74) is 2.96. The standard InChI is InChI=1S/C20H23N5O/c1-12(2)18-21-10-14-8-9-25(11-17(14)23-18)13(3)19-22-16-7-5-4-6-15(16)20(26)24-19/h4-7,10,12-13H,8-9,11H2,1-3H3,(H,22,24,26)/t13-/m1/s1. The summed E-state index contributed by atoms with van der Waals surface area (Å²) in [5, 5.41) is 0.627. The average Bonchev–Trinajstić information content (AvgIpc) is 2.66. The lowest BCUT2D eigenvalue weighted by Gasteiger charge is -2.32. The van der Waals surface area contributed by atoms with Crippen LogP contribution in [0.5, 0.6) is 0 Å². The second kappa shape index (κ2) is 6.61. The van der Waals surface area contributed by atoms with E-state index in [0.717, 1.165) is 36.5 Å². The zero-order valence-corrected chi connectivity index (χ0v) is 15.4. The molecule has 0 bridgehead atoms. The normalized spacial score (nSPS) is 16.0. The van der Waals surface area contributed by atoms with Gasteiger partial charge < -0.3 is 4.98 Å². The van der Waals surface area contributed by atoms with E-state index in [2.05, 4.69) is 40.6 Å². The maximum Gasteiger partial charge on any atom is 0.258 e. The molecule has 0 radical (unpaired) electrons. The Morgan fingerprint density at radius 2 is 1.96 bits per heavy atom. The molecule has 4 rings (SSSR count). The highest BCUT2D eigenvalue weighted by Crippen LogP contribution is 2.25. The van der Waals surface area contributed by atoms with Gasteiger partial charge in [-0.1, -0.05) is 26.0 Å². The van der Waals surface area contributed by atoms with Gasteiger partial charge in [0.2, 0.25) is 0 Å². The molecule has 0 aliphatic carbocycles. The molecule has 3 aromatic rings. The third-order valence-corrected chi connectivity index (χ3v) is 5.09. The first-order chi connectivity index (χ1) is 12.5. The van der Waals surface area contributed by atoms with Gasteiger partial charge in [0.1, 0.15) is 11.6 Å². The number of nitrogens with one attached hydrogen (secondary N) is 1. The molecular weight excluding hydrogens is 326 g/mol. The largest absolute Gasteiger partial charge is 0.309 e. The van der Waals surface area contributed by atoms with Crippen LogP contribution in [0.2, 0.25) is 0 Å². The maximum atomic E-state index is 12.4. The Bertz CT molecular complexity index is 1010. The van der Waals surface area contributed by atoms with Crippen molar-refractivity contribution in [2.24, 2.45) is 0 Å². The molecule has 0 spiro atoms. The van der Waals surface area contributed by atoms with Crippen LogP contribution in [0, 0.1) is 0 Å². The minimum Gasteiger partial charge on any atom is -0.309 e. The van der Waals surface area contributed by atoms with Crippen LogP contribution in [0.25, 0.3) is 10.9 Å². The van der Waals surface area contributed by atoms with E-state index in [1.54, 1.807) is 6.07 Å². The van der Waals surface area contributed by atoms with Crippen molar-refractivity contribution in [1.82, 2.24) is 24.8 Å². The van der Waals surface area contributed by atoms with Gasteiger partial charge in [-0.25, -0.2) is 15.0 Å². The number of benzene rings is 1. The zero-order chi connectivity index (χ0) is 18.3. The highest BCUT2D eigenvalue weighted by molar-refractivity contribution is 5.77. The molecule has 134 valence electrons. The minimum absolute atomic E-state index is 0.0120. The molecule has 3 heterocycles. The van der Waals surface area contributed by atoms with Gasteiger partial charge in [-0.15, -0.1) is 0 Å². The van der Waals surface area contributed by atoms with Crippen LogP contribution in [0.15, 0.2) is 35.3 Å². The maximum absolute atomic E-state index is 12.4. The van der Waals surface area contributed by atoms with Crippen molar-refractivity contribution in [2.75, 3.05) is 6.54 Å². The summed E-state index contributed by atoms with van der Waals surface area (Å²) in [5.74, 6) is 1.90. The molecule has 0 amide bonds. The van der Waals surface area contributed by atoms with Crippen LogP contribution in [0.1, 0.15) is 55.6 Å². The number of fused-ring (bicyclic) bond motifs is 2. The Morgan fingerprint density at radius 1 is 1.15 bits per heavy atom. The molecule has 6 nitrogen and oxygen atoms in total. The van der Waals surface area contributed by atoms with E-state index in [9.17, 15) is 4.79 Å². The molecule has 0 fully saturated rings. The lowest BCUT2D eigenvalue weighted by Crippen LogP contribution is -2.35. The first-order valence-electron chi connectivity index (χ1n) is 9.10. The summed E-state index contributed by atoms with van der Waals surface area (Å²) in [4.78, 5) is 31.6. The van der Waals surface area contributed by atoms with E-state index in [0.29, 0.717) is 17.1 Å². The molecule has 1 N–H and O–H groups in total. The van der Waals surface area contributed by atoms with Gasteiger partial charge in [0.15, 0.2) is 0 Å². The Kier molecular flexibility index (Phi) is 4.28. The summed E-state index contributed by atoms with van der Waals surface area (Å²) in [7, 11) is 0. The minimum atomic E-state index is -0.0840. The van der Waals surface area contributed by atoms with Crippen LogP contribution in [0.4, 0.5) is 0 Å². The van der Waals surface area contributed by atoms with Crippen molar-refractivity contribution >= 4 is 10.9 Å². The Balaban J connectivity index is 1.64. The Morgan fingerprint density at radius 3 is 2.77 bits per heavy atom. The van der Waals surface area contributed by atoms with Crippen molar-refractivity contribution in [2.45, 2.75) is 45.7 Å². The quantitative estimate of drug-likeness (QED) is 0.787. The van der Waals surface area contributed by atoms with Crippen LogP contribution in [-0.2, 0) is 13.0 Å². The molecule has 26 heavy (non-hydrogen) atoms. The molecule has 1 atom stereocenters. The van der Waals surface area contributed by atoms with E-state index in [4.69, 9.17) is 4.98 Å². The van der Waals surface area contributed by atoms with Gasteiger partial charge in [0.05, 0.1) is 22.6 Å². The molecule has 6 heteroatoms. The lowest BCUT2D eigenvalue weighted by atomic mass is 10.0. The number of hydrogen-bond acceptors (Lipinski definition) is 5. The smallest absolute Gasteiger partial charge is 0.258 e. The highest BCUT2D eigenvalue weighted by Gasteiger charge is 2.25. The topological polar surface area (TPSA) is 74.8 Å². The molecule has 1 aliphatic heterocycles. The fourth-order valence-corrected chi connectivity index (χ4v) is 3.42. The van der Waals surface area contributed by atoms with Gasteiger partial charge in [-0.05, 0) is 31.0 Å². The molecular formula is C20H23N5O. The summed E-state index contributed by atoms with van der Waals surface area (Å²) in [6.45, 7) is 7.94. The van der Waals surface area contributed by atoms with E-state index >= 15 is 0 Å². The fourth-order valence-electron chi connectivity index (χ4n) is 3.42. The molecule has 1 aromatic carbocycles. The molecule has 0 saturated carbocycles. The highest BCUT2D eigenvalue weighted by atomic mass is 16.1. The third kappa shape index (κ3) is 3.01. The second-order valence-corrected chi connectivity index (χ2v) is 7.22. The van der Waals surface area contributed by atoms with Crippen molar-refractivity contribution in [3.05, 3.63) is 63.7 Å². The van der Waals surface area contributed by atoms with E-state index < -0.39 is 0 Å². The lowest BCUT2D eigenvalue weighted by molar-refractivity contribution is 0.181. The first kappa shape index (κ1) is 16.8. The predicted molar refractivity (Wildman–Crippen MR) is 101 cm³/mol. The average molecular weight is 349 g/mol. The summed E-state index contributed by atoms with van der Waals surface area (Å²) in [6.07, 6.45) is 2.88. The van der Waals surface area contributed by atoms with Crippen molar-refractivity contribution < 1.29 is 0 Å². The first-order valence-corrected chi connectivity index (χ1v) is 9.10. The van der Waals surface area contributed by atoms with E-state index in [1.165, 1.54) is 5.56 Å². The summed E-state index contributed by atoms with van der Waals surface area (Å²) < 4.78 is 0. The third-order valence-electron chi connectivity index (χ3n) is 5.09. The zero-order valence-electron chi connectivity index (χ0n) is 15.4. The number of aromatic nitrogens is 4. The molecule has 0 unspecified atom stereocenters. The Hall–Kier alpha value is -2.60. The summed E-state index contributed by atoms with van der Waals surface area (Å²) >= 11 is 0. The van der Waals surface area contributed by atoms with Gasteiger partial charge in [-0.2, -0.15) is 0 Å². The number of aromatic amines is 1. The summed E-state index contributed by atoms with van der Waals surface area (Å²) in [6, 6.07) is 7.46. The fraction of sp³-hybridized carbons (Fsp3) is 0.400. The van der Waals surface area contributed by atoms with Crippen molar-refractivity contribution in [3.8, 4) is 0 Å². The molecule has 2 aromatic heterocycles. The van der Waals surface area contributed by atoms with E-state index in [-0.39, 0.29) is 11.6 Å². The molecule has 1 aliphatic rings. The van der Waals surface area contributed by atoms with Gasteiger partial charge >= 0.3 is 0 Å².